The van der Waals surface area contributed by atoms with Crippen molar-refractivity contribution in [3.05, 3.63) is 18.1 Å². The van der Waals surface area contributed by atoms with Crippen LogP contribution < -0.4 is 5.46 Å². The number of nitrogens with zero attached hydrogens (tertiary/aromatic N) is 1. The molecule has 0 N–H and O–H groups in total. The molecule has 18 heavy (non-hydrogen) atoms. The van der Waals surface area contributed by atoms with Crippen LogP contribution in [0.5, 0.6) is 0 Å². The fraction of sp³-hybridized carbons (Fsp3) is 0.583. The molecule has 2 heterocycles. The van der Waals surface area contributed by atoms with E-state index in [1.807, 2.05) is 27.7 Å². The highest BCUT2D eigenvalue weighted by Crippen LogP contribution is 2.36. The molecule has 1 aromatic rings. The van der Waals surface area contributed by atoms with Crippen LogP contribution in [-0.4, -0.2) is 29.6 Å². The molecule has 0 amide bonds. The number of halogens is 1. The van der Waals surface area contributed by atoms with Gasteiger partial charge in [0.1, 0.15) is 5.03 Å². The fourth-order valence-electron chi connectivity index (χ4n) is 1.73. The zero-order chi connectivity index (χ0) is 13.6. The molecule has 0 spiro atoms. The van der Waals surface area contributed by atoms with Crippen molar-refractivity contribution in [3.8, 4) is 0 Å². The maximum atomic E-state index is 14.2. The van der Waals surface area contributed by atoms with Gasteiger partial charge < -0.3 is 9.31 Å². The standard InChI is InChI=1S/C12H17BFNO2S/c1-11(2)12(3,4)17-13(16-11)8-6-7-15-10(18-5)9(8)14/h6-7H,1-5H3. The van der Waals surface area contributed by atoms with Gasteiger partial charge in [-0.25, -0.2) is 9.37 Å². The Bertz CT molecular complexity index is 451. The molecule has 6 heteroatoms. The van der Waals surface area contributed by atoms with Crippen molar-refractivity contribution in [2.45, 2.75) is 43.9 Å². The SMILES string of the molecule is CSc1nccc(B2OC(C)(C)C(C)(C)O2)c1F. The first-order valence-electron chi connectivity index (χ1n) is 5.82. The van der Waals surface area contributed by atoms with Gasteiger partial charge in [0.25, 0.3) is 0 Å². The van der Waals surface area contributed by atoms with E-state index < -0.39 is 18.3 Å². The largest absolute Gasteiger partial charge is 0.498 e. The summed E-state index contributed by atoms with van der Waals surface area (Å²) in [5.74, 6) is -0.358. The van der Waals surface area contributed by atoms with Crippen LogP contribution in [-0.2, 0) is 9.31 Å². The van der Waals surface area contributed by atoms with Gasteiger partial charge in [0.2, 0.25) is 0 Å². The average Bonchev–Trinajstić information content (AvgIpc) is 2.48. The summed E-state index contributed by atoms with van der Waals surface area (Å²) in [4.78, 5) is 3.98. The third-order valence-electron chi connectivity index (χ3n) is 3.59. The molecular weight excluding hydrogens is 252 g/mol. The molecule has 3 nitrogen and oxygen atoms in total. The van der Waals surface area contributed by atoms with E-state index in [1.165, 1.54) is 11.8 Å². The van der Waals surface area contributed by atoms with Crippen molar-refractivity contribution >= 4 is 24.3 Å². The van der Waals surface area contributed by atoms with E-state index in [4.69, 9.17) is 9.31 Å². The van der Waals surface area contributed by atoms with Gasteiger partial charge >= 0.3 is 7.12 Å². The third kappa shape index (κ3) is 2.17. The third-order valence-corrected chi connectivity index (χ3v) is 4.26. The second-order valence-corrected chi connectivity index (χ2v) is 6.11. The van der Waals surface area contributed by atoms with Crippen LogP contribution in [0.1, 0.15) is 27.7 Å². The first-order chi connectivity index (χ1) is 8.28. The van der Waals surface area contributed by atoms with Gasteiger partial charge in [-0.2, -0.15) is 0 Å². The van der Waals surface area contributed by atoms with Crippen LogP contribution in [0.4, 0.5) is 4.39 Å². The van der Waals surface area contributed by atoms with E-state index in [0.29, 0.717) is 10.5 Å². The van der Waals surface area contributed by atoms with Crippen molar-refractivity contribution in [3.63, 3.8) is 0 Å². The van der Waals surface area contributed by atoms with E-state index in [1.54, 1.807) is 18.5 Å². The minimum absolute atomic E-state index is 0.358. The first-order valence-corrected chi connectivity index (χ1v) is 7.05. The summed E-state index contributed by atoms with van der Waals surface area (Å²) in [5, 5.41) is 0.363. The number of pyridine rings is 1. The lowest BCUT2D eigenvalue weighted by Crippen LogP contribution is -2.41. The summed E-state index contributed by atoms with van der Waals surface area (Å²) in [6, 6.07) is 1.61. The van der Waals surface area contributed by atoms with Crippen molar-refractivity contribution in [2.75, 3.05) is 6.26 Å². The van der Waals surface area contributed by atoms with E-state index >= 15 is 0 Å². The van der Waals surface area contributed by atoms with E-state index in [2.05, 4.69) is 4.98 Å². The van der Waals surface area contributed by atoms with E-state index in [-0.39, 0.29) is 5.82 Å². The minimum Gasteiger partial charge on any atom is -0.399 e. The molecule has 1 fully saturated rings. The van der Waals surface area contributed by atoms with E-state index in [9.17, 15) is 4.39 Å². The van der Waals surface area contributed by atoms with Gasteiger partial charge in [-0.3, -0.25) is 0 Å². The average molecular weight is 269 g/mol. The van der Waals surface area contributed by atoms with Gasteiger partial charge in [-0.05, 0) is 40.0 Å². The van der Waals surface area contributed by atoms with Gasteiger partial charge in [0.05, 0.1) is 11.2 Å². The fourth-order valence-corrected chi connectivity index (χ4v) is 2.20. The Morgan fingerprint density at radius 1 is 1.22 bits per heavy atom. The molecule has 0 bridgehead atoms. The number of rotatable bonds is 2. The van der Waals surface area contributed by atoms with Crippen LogP contribution in [0.25, 0.3) is 0 Å². The normalized spacial score (nSPS) is 21.3. The molecule has 0 aromatic carbocycles. The lowest BCUT2D eigenvalue weighted by atomic mass is 9.79. The number of aromatic nitrogens is 1. The quantitative estimate of drug-likeness (QED) is 0.608. The zero-order valence-corrected chi connectivity index (χ0v) is 12.1. The second-order valence-electron chi connectivity index (χ2n) is 5.31. The maximum absolute atomic E-state index is 14.2. The molecule has 1 aliphatic heterocycles. The molecule has 1 saturated heterocycles. The van der Waals surface area contributed by atoms with Gasteiger partial charge in [0, 0.05) is 11.7 Å². The summed E-state index contributed by atoms with van der Waals surface area (Å²) in [7, 11) is -0.677. The van der Waals surface area contributed by atoms with Crippen molar-refractivity contribution < 1.29 is 13.7 Å². The van der Waals surface area contributed by atoms with Crippen LogP contribution in [0.15, 0.2) is 17.3 Å². The Kier molecular flexibility index (Phi) is 3.47. The van der Waals surface area contributed by atoms with Crippen LogP contribution in [0.3, 0.4) is 0 Å². The highest BCUT2D eigenvalue weighted by Gasteiger charge is 2.52. The number of thioether (sulfide) groups is 1. The second kappa shape index (κ2) is 4.51. The van der Waals surface area contributed by atoms with Gasteiger partial charge in [-0.1, -0.05) is 0 Å². The van der Waals surface area contributed by atoms with Crippen molar-refractivity contribution in [1.29, 1.82) is 0 Å². The molecule has 0 saturated carbocycles. The Morgan fingerprint density at radius 3 is 2.28 bits per heavy atom. The van der Waals surface area contributed by atoms with Gasteiger partial charge in [0.15, 0.2) is 5.82 Å². The predicted molar refractivity (Wildman–Crippen MR) is 71.7 cm³/mol. The molecule has 0 unspecified atom stereocenters. The van der Waals surface area contributed by atoms with Crippen LogP contribution in [0.2, 0.25) is 0 Å². The Hall–Kier alpha value is -0.585. The number of hydrogen-bond donors (Lipinski definition) is 0. The molecule has 98 valence electrons. The molecular formula is C12H17BFNO2S. The monoisotopic (exact) mass is 269 g/mol. The molecule has 0 aliphatic carbocycles. The van der Waals surface area contributed by atoms with E-state index in [0.717, 1.165) is 0 Å². The van der Waals surface area contributed by atoms with Crippen LogP contribution >= 0.6 is 11.8 Å². The molecule has 2 rings (SSSR count). The summed E-state index contributed by atoms with van der Waals surface area (Å²) in [6.45, 7) is 7.78. The molecule has 1 aromatic heterocycles. The molecule has 1 aliphatic rings. The Labute approximate surface area is 112 Å². The zero-order valence-electron chi connectivity index (χ0n) is 11.3. The summed E-state index contributed by atoms with van der Waals surface area (Å²) < 4.78 is 25.8. The van der Waals surface area contributed by atoms with Crippen molar-refractivity contribution in [1.82, 2.24) is 4.98 Å². The summed E-state index contributed by atoms with van der Waals surface area (Å²) >= 11 is 1.27. The smallest absolute Gasteiger partial charge is 0.399 e. The predicted octanol–water partition coefficient (Wildman–Crippen LogP) is 2.24. The van der Waals surface area contributed by atoms with Gasteiger partial charge in [-0.15, -0.1) is 11.8 Å². The topological polar surface area (TPSA) is 31.4 Å². The molecule has 0 atom stereocenters. The highest BCUT2D eigenvalue weighted by atomic mass is 32.2. The maximum Gasteiger partial charge on any atom is 0.498 e. The Morgan fingerprint density at radius 2 is 1.78 bits per heavy atom. The van der Waals surface area contributed by atoms with Crippen LogP contribution in [0, 0.1) is 5.82 Å². The first kappa shape index (κ1) is 13.8. The number of hydrogen-bond acceptors (Lipinski definition) is 4. The Balaban J connectivity index is 2.35. The highest BCUT2D eigenvalue weighted by molar-refractivity contribution is 7.98. The minimum atomic E-state index is -0.677. The lowest BCUT2D eigenvalue weighted by molar-refractivity contribution is 0.00578. The summed E-state index contributed by atoms with van der Waals surface area (Å²) in [5.41, 5.74) is -0.521. The summed E-state index contributed by atoms with van der Waals surface area (Å²) in [6.07, 6.45) is 3.37. The van der Waals surface area contributed by atoms with Crippen molar-refractivity contribution in [2.24, 2.45) is 0 Å². The lowest BCUT2D eigenvalue weighted by Gasteiger charge is -2.32. The molecule has 0 radical (unpaired) electrons.